The number of hydrogen-bond donors (Lipinski definition) is 0. The number of aromatic nitrogens is 5. The minimum Gasteiger partial charge on any atom is -0.293 e. The highest BCUT2D eigenvalue weighted by atomic mass is 32.1. The van der Waals surface area contributed by atoms with Crippen molar-refractivity contribution in [3.63, 3.8) is 0 Å². The Balaban J connectivity index is 1.45. The van der Waals surface area contributed by atoms with Crippen molar-refractivity contribution in [1.29, 1.82) is 0 Å². The van der Waals surface area contributed by atoms with E-state index in [9.17, 15) is 4.79 Å². The number of carbonyl (C=O) groups is 1. The molecule has 1 fully saturated rings. The van der Waals surface area contributed by atoms with Crippen LogP contribution in [0.1, 0.15) is 40.2 Å². The van der Waals surface area contributed by atoms with Crippen molar-refractivity contribution in [2.75, 3.05) is 0 Å². The summed E-state index contributed by atoms with van der Waals surface area (Å²) in [5.41, 5.74) is 2.59. The summed E-state index contributed by atoms with van der Waals surface area (Å²) < 4.78 is 1.88. The Morgan fingerprint density at radius 2 is 2.28 bits per heavy atom. The highest BCUT2D eigenvalue weighted by Crippen LogP contribution is 2.31. The molecule has 0 unspecified atom stereocenters. The van der Waals surface area contributed by atoms with E-state index in [-0.39, 0.29) is 5.78 Å². The minimum atomic E-state index is 0.121. The van der Waals surface area contributed by atoms with Crippen LogP contribution < -0.4 is 0 Å². The van der Waals surface area contributed by atoms with E-state index >= 15 is 0 Å². The fourth-order valence-corrected chi connectivity index (χ4v) is 3.72. The molecule has 0 saturated heterocycles. The van der Waals surface area contributed by atoms with Gasteiger partial charge in [-0.1, -0.05) is 11.3 Å². The first-order valence-electron chi connectivity index (χ1n) is 8.49. The summed E-state index contributed by atoms with van der Waals surface area (Å²) in [4.78, 5) is 21.9. The van der Waals surface area contributed by atoms with Crippen LogP contribution in [-0.4, -0.2) is 30.7 Å². The molecule has 0 amide bonds. The Kier molecular flexibility index (Phi) is 4.40. The monoisotopic (exact) mass is 353 g/mol. The molecule has 1 aliphatic rings. The first kappa shape index (κ1) is 16.1. The van der Waals surface area contributed by atoms with Gasteiger partial charge in [-0.2, -0.15) is 0 Å². The second-order valence-corrected chi connectivity index (χ2v) is 7.49. The number of nitrogens with zero attached hydrogens (tertiary/aromatic N) is 5. The third-order valence-electron chi connectivity index (χ3n) is 4.31. The van der Waals surface area contributed by atoms with Gasteiger partial charge in [-0.15, -0.1) is 16.4 Å². The van der Waals surface area contributed by atoms with Crippen LogP contribution in [-0.2, 0) is 13.0 Å². The lowest BCUT2D eigenvalue weighted by atomic mass is 10.1. The smallest absolute Gasteiger partial charge is 0.175 e. The van der Waals surface area contributed by atoms with E-state index in [1.165, 1.54) is 24.2 Å². The molecule has 3 heterocycles. The summed E-state index contributed by atoms with van der Waals surface area (Å²) in [6.07, 6.45) is 9.18. The van der Waals surface area contributed by atoms with Gasteiger partial charge in [0.15, 0.2) is 5.78 Å². The van der Waals surface area contributed by atoms with Crippen LogP contribution in [0.25, 0.3) is 10.7 Å². The van der Waals surface area contributed by atoms with E-state index in [1.54, 1.807) is 12.4 Å². The Labute approximate surface area is 149 Å². The van der Waals surface area contributed by atoms with Crippen molar-refractivity contribution in [2.24, 2.45) is 5.92 Å². The van der Waals surface area contributed by atoms with Gasteiger partial charge in [0.1, 0.15) is 10.7 Å². The van der Waals surface area contributed by atoms with Crippen LogP contribution >= 0.6 is 11.3 Å². The van der Waals surface area contributed by atoms with Crippen molar-refractivity contribution in [3.05, 3.63) is 46.9 Å². The SMILES string of the molecule is Cc1nc(-c2cn(CC3CC3)nn2)sc1C(=O)CCc1cccnc1. The zero-order chi connectivity index (χ0) is 17.2. The summed E-state index contributed by atoms with van der Waals surface area (Å²) in [6.45, 7) is 2.81. The predicted octanol–water partition coefficient (Wildman–Crippen LogP) is 3.33. The third kappa shape index (κ3) is 3.82. The molecule has 25 heavy (non-hydrogen) atoms. The zero-order valence-electron chi connectivity index (χ0n) is 14.1. The van der Waals surface area contributed by atoms with Crippen LogP contribution in [0, 0.1) is 12.8 Å². The molecule has 4 rings (SSSR count). The van der Waals surface area contributed by atoms with Crippen molar-refractivity contribution >= 4 is 17.1 Å². The summed E-state index contributed by atoms with van der Waals surface area (Å²) in [7, 11) is 0. The average molecular weight is 353 g/mol. The topological polar surface area (TPSA) is 73.6 Å². The molecule has 0 spiro atoms. The van der Waals surface area contributed by atoms with Crippen LogP contribution in [0.4, 0.5) is 0 Å². The van der Waals surface area contributed by atoms with E-state index in [0.717, 1.165) is 39.3 Å². The zero-order valence-corrected chi connectivity index (χ0v) is 14.9. The number of hydrogen-bond acceptors (Lipinski definition) is 6. The number of Topliss-reactive ketones (excluding diaryl/α,β-unsaturated/α-hetero) is 1. The first-order valence-corrected chi connectivity index (χ1v) is 9.31. The third-order valence-corrected chi connectivity index (χ3v) is 5.53. The first-order chi connectivity index (χ1) is 12.2. The van der Waals surface area contributed by atoms with Gasteiger partial charge in [0, 0.05) is 25.4 Å². The molecule has 0 N–H and O–H groups in total. The van der Waals surface area contributed by atoms with Gasteiger partial charge in [-0.25, -0.2) is 4.98 Å². The minimum absolute atomic E-state index is 0.121. The lowest BCUT2D eigenvalue weighted by Crippen LogP contribution is -2.01. The highest BCUT2D eigenvalue weighted by molar-refractivity contribution is 7.17. The van der Waals surface area contributed by atoms with Gasteiger partial charge in [0.25, 0.3) is 0 Å². The molecule has 0 atom stereocenters. The number of ketones is 1. The van der Waals surface area contributed by atoms with Gasteiger partial charge in [-0.05, 0) is 43.7 Å². The summed E-state index contributed by atoms with van der Waals surface area (Å²) in [6, 6.07) is 3.88. The number of aryl methyl sites for hydroxylation is 2. The van der Waals surface area contributed by atoms with E-state index < -0.39 is 0 Å². The van der Waals surface area contributed by atoms with E-state index in [1.807, 2.05) is 29.9 Å². The molecule has 3 aromatic heterocycles. The molecule has 3 aromatic rings. The molecule has 7 heteroatoms. The Morgan fingerprint density at radius 3 is 3.04 bits per heavy atom. The molecule has 6 nitrogen and oxygen atoms in total. The summed E-state index contributed by atoms with van der Waals surface area (Å²) in [5, 5.41) is 9.16. The van der Waals surface area contributed by atoms with E-state index in [2.05, 4.69) is 20.3 Å². The molecule has 0 radical (unpaired) electrons. The molecular weight excluding hydrogens is 334 g/mol. The van der Waals surface area contributed by atoms with Gasteiger partial charge in [0.05, 0.1) is 16.8 Å². The molecule has 128 valence electrons. The number of carbonyl (C=O) groups excluding carboxylic acids is 1. The molecule has 1 saturated carbocycles. The van der Waals surface area contributed by atoms with Gasteiger partial charge in [0.2, 0.25) is 0 Å². The Bertz CT molecular complexity index is 882. The predicted molar refractivity (Wildman–Crippen MR) is 95.5 cm³/mol. The van der Waals surface area contributed by atoms with Gasteiger partial charge < -0.3 is 0 Å². The maximum absolute atomic E-state index is 12.6. The van der Waals surface area contributed by atoms with Crippen LogP contribution in [0.15, 0.2) is 30.7 Å². The van der Waals surface area contributed by atoms with Crippen molar-refractivity contribution in [1.82, 2.24) is 25.0 Å². The second kappa shape index (κ2) is 6.84. The Hall–Kier alpha value is -2.41. The largest absolute Gasteiger partial charge is 0.293 e. The fourth-order valence-electron chi connectivity index (χ4n) is 2.73. The molecule has 0 bridgehead atoms. The molecule has 0 aromatic carbocycles. The van der Waals surface area contributed by atoms with Crippen molar-refractivity contribution in [3.8, 4) is 10.7 Å². The normalized spacial score (nSPS) is 14.0. The van der Waals surface area contributed by atoms with E-state index in [0.29, 0.717) is 12.8 Å². The average Bonchev–Trinajstić information content (AvgIpc) is 3.16. The maximum Gasteiger partial charge on any atom is 0.175 e. The molecule has 0 aliphatic heterocycles. The van der Waals surface area contributed by atoms with Crippen molar-refractivity contribution in [2.45, 2.75) is 39.2 Å². The van der Waals surface area contributed by atoms with E-state index in [4.69, 9.17) is 0 Å². The fraction of sp³-hybridized carbons (Fsp3) is 0.389. The highest BCUT2D eigenvalue weighted by Gasteiger charge is 2.23. The van der Waals surface area contributed by atoms with Crippen molar-refractivity contribution < 1.29 is 4.79 Å². The molecule has 1 aliphatic carbocycles. The van der Waals surface area contributed by atoms with Gasteiger partial charge in [-0.3, -0.25) is 14.5 Å². The summed E-state index contributed by atoms with van der Waals surface area (Å²) in [5.74, 6) is 0.868. The quantitative estimate of drug-likeness (QED) is 0.609. The number of rotatable bonds is 7. The lowest BCUT2D eigenvalue weighted by Gasteiger charge is -1.99. The second-order valence-electron chi connectivity index (χ2n) is 6.49. The van der Waals surface area contributed by atoms with Crippen LogP contribution in [0.5, 0.6) is 0 Å². The summed E-state index contributed by atoms with van der Waals surface area (Å²) >= 11 is 1.41. The number of pyridine rings is 1. The van der Waals surface area contributed by atoms with Gasteiger partial charge >= 0.3 is 0 Å². The van der Waals surface area contributed by atoms with Crippen LogP contribution in [0.3, 0.4) is 0 Å². The van der Waals surface area contributed by atoms with Crippen LogP contribution in [0.2, 0.25) is 0 Å². The standard InChI is InChI=1S/C18H19N5OS/c1-12-17(16(24)7-6-13-3-2-8-19-9-13)25-18(20-12)15-11-23(22-21-15)10-14-4-5-14/h2-3,8-9,11,14H,4-7,10H2,1H3. The molecular formula is C18H19N5OS. The maximum atomic E-state index is 12.6. The Morgan fingerprint density at radius 1 is 1.40 bits per heavy atom. The number of thiazole rings is 1. The lowest BCUT2D eigenvalue weighted by molar-refractivity contribution is 0.0986.